The molecule has 5 nitrogen and oxygen atoms in total. The Labute approximate surface area is 183 Å². The lowest BCUT2D eigenvalue weighted by atomic mass is 10.0. The molecule has 0 aliphatic carbocycles. The van der Waals surface area contributed by atoms with Crippen LogP contribution in [0.15, 0.2) is 48.5 Å². The van der Waals surface area contributed by atoms with Crippen LogP contribution in [-0.2, 0) is 4.74 Å². The Morgan fingerprint density at radius 3 is 2.45 bits per heavy atom. The van der Waals surface area contributed by atoms with E-state index in [1.54, 1.807) is 35.6 Å². The summed E-state index contributed by atoms with van der Waals surface area (Å²) in [4.78, 5) is 23.2. The van der Waals surface area contributed by atoms with Gasteiger partial charge in [0.1, 0.15) is 22.3 Å². The van der Waals surface area contributed by atoms with Gasteiger partial charge in [-0.25, -0.2) is 19.2 Å². The van der Waals surface area contributed by atoms with Crippen molar-refractivity contribution in [2.45, 2.75) is 27.2 Å². The van der Waals surface area contributed by atoms with Gasteiger partial charge in [0.25, 0.3) is 0 Å². The Morgan fingerprint density at radius 1 is 1.06 bits per heavy atom. The number of hydrogen-bond acceptors (Lipinski definition) is 6. The van der Waals surface area contributed by atoms with Crippen LogP contribution in [0.2, 0.25) is 0 Å². The fourth-order valence-electron chi connectivity index (χ4n) is 3.38. The molecule has 0 saturated heterocycles. The first-order valence-electron chi connectivity index (χ1n) is 10.0. The van der Waals surface area contributed by atoms with Gasteiger partial charge in [0.05, 0.1) is 17.6 Å². The van der Waals surface area contributed by atoms with E-state index in [1.807, 2.05) is 32.9 Å². The SMILES string of the molecule is CCCOC(=O)c1ccc(Nc2nc(C)nc3sc(C)c(-c4ccc(F)cc4)c23)cc1. The number of esters is 1. The molecule has 2 aromatic carbocycles. The molecule has 4 aromatic rings. The lowest BCUT2D eigenvalue weighted by molar-refractivity contribution is 0.0505. The van der Waals surface area contributed by atoms with E-state index in [0.717, 1.165) is 38.3 Å². The van der Waals surface area contributed by atoms with Gasteiger partial charge in [0.2, 0.25) is 0 Å². The molecule has 7 heteroatoms. The summed E-state index contributed by atoms with van der Waals surface area (Å²) in [6, 6.07) is 13.5. The van der Waals surface area contributed by atoms with Gasteiger partial charge in [-0.2, -0.15) is 0 Å². The molecule has 2 heterocycles. The van der Waals surface area contributed by atoms with Crippen molar-refractivity contribution in [3.05, 3.63) is 70.6 Å². The van der Waals surface area contributed by atoms with Crippen LogP contribution in [0.25, 0.3) is 21.3 Å². The molecule has 0 spiro atoms. The second kappa shape index (κ2) is 8.81. The molecule has 0 aliphatic rings. The number of carbonyl (C=O) groups excluding carboxylic acids is 1. The van der Waals surface area contributed by atoms with Crippen molar-refractivity contribution in [1.82, 2.24) is 9.97 Å². The van der Waals surface area contributed by atoms with Gasteiger partial charge in [-0.05, 0) is 62.2 Å². The van der Waals surface area contributed by atoms with Crippen LogP contribution in [0.5, 0.6) is 0 Å². The van der Waals surface area contributed by atoms with E-state index in [-0.39, 0.29) is 11.8 Å². The molecule has 158 valence electrons. The molecule has 1 N–H and O–H groups in total. The zero-order chi connectivity index (χ0) is 22.0. The molecule has 31 heavy (non-hydrogen) atoms. The monoisotopic (exact) mass is 435 g/mol. The van der Waals surface area contributed by atoms with E-state index >= 15 is 0 Å². The number of anilines is 2. The Kier molecular flexibility index (Phi) is 5.95. The smallest absolute Gasteiger partial charge is 0.338 e. The molecule has 4 rings (SSSR count). The highest BCUT2D eigenvalue weighted by Crippen LogP contribution is 2.41. The number of fused-ring (bicyclic) bond motifs is 1. The Balaban J connectivity index is 1.72. The van der Waals surface area contributed by atoms with Gasteiger partial charge >= 0.3 is 5.97 Å². The lowest BCUT2D eigenvalue weighted by Crippen LogP contribution is -2.06. The van der Waals surface area contributed by atoms with E-state index in [4.69, 9.17) is 4.74 Å². The average molecular weight is 436 g/mol. The average Bonchev–Trinajstić information content (AvgIpc) is 3.08. The van der Waals surface area contributed by atoms with E-state index < -0.39 is 0 Å². The van der Waals surface area contributed by atoms with Gasteiger partial charge in [-0.1, -0.05) is 19.1 Å². The van der Waals surface area contributed by atoms with E-state index in [0.29, 0.717) is 23.8 Å². The summed E-state index contributed by atoms with van der Waals surface area (Å²) in [5, 5.41) is 4.26. The van der Waals surface area contributed by atoms with Crippen molar-refractivity contribution >= 4 is 39.0 Å². The normalized spacial score (nSPS) is 11.0. The summed E-state index contributed by atoms with van der Waals surface area (Å²) < 4.78 is 18.6. The first-order valence-corrected chi connectivity index (χ1v) is 10.9. The molecule has 0 bridgehead atoms. The second-order valence-corrected chi connectivity index (χ2v) is 8.38. The van der Waals surface area contributed by atoms with Crippen LogP contribution in [-0.4, -0.2) is 22.5 Å². The lowest BCUT2D eigenvalue weighted by Gasteiger charge is -2.11. The summed E-state index contributed by atoms with van der Waals surface area (Å²) >= 11 is 1.58. The summed E-state index contributed by atoms with van der Waals surface area (Å²) in [6.07, 6.45) is 0.783. The molecule has 0 atom stereocenters. The zero-order valence-corrected chi connectivity index (χ0v) is 18.3. The quantitative estimate of drug-likeness (QED) is 0.354. The molecular formula is C24H22FN3O2S. The van der Waals surface area contributed by atoms with Crippen LogP contribution in [0.4, 0.5) is 15.9 Å². The minimum absolute atomic E-state index is 0.274. The van der Waals surface area contributed by atoms with Gasteiger partial charge in [-0.3, -0.25) is 0 Å². The third kappa shape index (κ3) is 4.41. The predicted molar refractivity (Wildman–Crippen MR) is 123 cm³/mol. The molecule has 0 unspecified atom stereocenters. The molecule has 2 aromatic heterocycles. The number of thiophene rings is 1. The minimum Gasteiger partial charge on any atom is -0.462 e. The Bertz CT molecular complexity index is 1230. The van der Waals surface area contributed by atoms with E-state index in [1.165, 1.54) is 12.1 Å². The number of nitrogens with one attached hydrogen (secondary N) is 1. The number of aryl methyl sites for hydroxylation is 2. The van der Waals surface area contributed by atoms with Crippen LogP contribution >= 0.6 is 11.3 Å². The van der Waals surface area contributed by atoms with Crippen LogP contribution in [0.3, 0.4) is 0 Å². The van der Waals surface area contributed by atoms with Gasteiger partial charge in [-0.15, -0.1) is 11.3 Å². The fraction of sp³-hybridized carbons (Fsp3) is 0.208. The van der Waals surface area contributed by atoms with Gasteiger partial charge in [0.15, 0.2) is 0 Å². The number of nitrogens with zero attached hydrogens (tertiary/aromatic N) is 2. The summed E-state index contributed by atoms with van der Waals surface area (Å²) in [6.45, 7) is 6.24. The number of benzene rings is 2. The van der Waals surface area contributed by atoms with Crippen molar-refractivity contribution in [2.75, 3.05) is 11.9 Å². The van der Waals surface area contributed by atoms with Crippen molar-refractivity contribution in [3.8, 4) is 11.1 Å². The minimum atomic E-state index is -0.333. The van der Waals surface area contributed by atoms with E-state index in [2.05, 4.69) is 15.3 Å². The highest BCUT2D eigenvalue weighted by molar-refractivity contribution is 7.19. The Hall–Kier alpha value is -3.32. The topological polar surface area (TPSA) is 64.1 Å². The zero-order valence-electron chi connectivity index (χ0n) is 17.5. The van der Waals surface area contributed by atoms with Gasteiger partial charge < -0.3 is 10.1 Å². The summed E-state index contributed by atoms with van der Waals surface area (Å²) in [7, 11) is 0. The number of aromatic nitrogens is 2. The van der Waals surface area contributed by atoms with Crippen molar-refractivity contribution in [2.24, 2.45) is 0 Å². The molecule has 0 amide bonds. The maximum atomic E-state index is 13.5. The standard InChI is InChI=1S/C24H22FN3O2S/c1-4-13-30-24(29)17-7-11-19(12-8-17)28-22-21-20(16-5-9-18(25)10-6-16)14(2)31-23(21)27-15(3)26-22/h5-12H,4,13H2,1-3H3,(H,26,27,28). The number of ether oxygens (including phenoxy) is 1. The molecule has 0 fully saturated rings. The third-order valence-corrected chi connectivity index (χ3v) is 5.79. The highest BCUT2D eigenvalue weighted by atomic mass is 32.1. The fourth-order valence-corrected chi connectivity index (χ4v) is 4.47. The maximum absolute atomic E-state index is 13.5. The predicted octanol–water partition coefficient (Wildman–Crippen LogP) is 6.42. The first kappa shape index (κ1) is 20.9. The molecular weight excluding hydrogens is 413 g/mol. The third-order valence-electron chi connectivity index (χ3n) is 4.79. The van der Waals surface area contributed by atoms with Crippen molar-refractivity contribution in [3.63, 3.8) is 0 Å². The van der Waals surface area contributed by atoms with Gasteiger partial charge in [0, 0.05) is 16.1 Å². The summed E-state index contributed by atoms with van der Waals surface area (Å²) in [5.41, 5.74) is 3.19. The van der Waals surface area contributed by atoms with E-state index in [9.17, 15) is 9.18 Å². The van der Waals surface area contributed by atoms with Crippen LogP contribution in [0.1, 0.15) is 34.4 Å². The first-order chi connectivity index (χ1) is 15.0. The number of rotatable bonds is 6. The van der Waals surface area contributed by atoms with Crippen LogP contribution in [0, 0.1) is 19.7 Å². The molecule has 0 radical (unpaired) electrons. The van der Waals surface area contributed by atoms with Crippen molar-refractivity contribution in [1.29, 1.82) is 0 Å². The maximum Gasteiger partial charge on any atom is 0.338 e. The Morgan fingerprint density at radius 2 is 1.77 bits per heavy atom. The number of hydrogen-bond donors (Lipinski definition) is 1. The largest absolute Gasteiger partial charge is 0.462 e. The number of halogens is 1. The molecule has 0 aliphatic heterocycles. The number of carbonyl (C=O) groups is 1. The van der Waals surface area contributed by atoms with Crippen molar-refractivity contribution < 1.29 is 13.9 Å². The highest BCUT2D eigenvalue weighted by Gasteiger charge is 2.18. The summed E-state index contributed by atoms with van der Waals surface area (Å²) in [5.74, 6) is 0.721. The second-order valence-electron chi connectivity index (χ2n) is 7.18. The molecule has 0 saturated carbocycles. The van der Waals surface area contributed by atoms with Crippen LogP contribution < -0.4 is 5.32 Å².